The molecular weight excluding hydrogens is 132 g/mol. The molecule has 4 heteroatoms. The summed E-state index contributed by atoms with van der Waals surface area (Å²) >= 11 is 0. The van der Waals surface area contributed by atoms with E-state index in [4.69, 9.17) is 10.6 Å². The van der Waals surface area contributed by atoms with Gasteiger partial charge in [-0.15, -0.1) is 0 Å². The number of hydrogen-bond acceptors (Lipinski definition) is 2. The van der Waals surface area contributed by atoms with Gasteiger partial charge < -0.3 is 10.6 Å². The number of Topliss-reactive ketones (excluding diaryl/α,β-unsaturated/α-hetero) is 1. The van der Waals surface area contributed by atoms with Crippen LogP contribution in [0.3, 0.4) is 0 Å². The van der Waals surface area contributed by atoms with Gasteiger partial charge in [0, 0.05) is 6.42 Å². The maximum Gasteiger partial charge on any atom is 0.362 e. The summed E-state index contributed by atoms with van der Waals surface area (Å²) in [7, 11) is 0. The third-order valence-electron chi connectivity index (χ3n) is 1.59. The van der Waals surface area contributed by atoms with E-state index in [0.29, 0.717) is 19.3 Å². The predicted molar refractivity (Wildman–Crippen MR) is 33.5 cm³/mol. The number of aliphatic hydroxyl groups is 1. The van der Waals surface area contributed by atoms with Gasteiger partial charge in [0.25, 0.3) is 0 Å². The molecule has 0 spiro atoms. The second-order valence-electron chi connectivity index (χ2n) is 2.32. The largest absolute Gasteiger partial charge is 0.381 e. The van der Waals surface area contributed by atoms with Crippen molar-refractivity contribution in [3.05, 3.63) is 5.53 Å². The standard InChI is InChI=1S/C6H8N2O2/c7-8-6-4(9)2-1-3-5(6)10/h4,9H,1-3H2. The van der Waals surface area contributed by atoms with Gasteiger partial charge in [-0.1, -0.05) is 0 Å². The molecule has 0 aromatic carbocycles. The van der Waals surface area contributed by atoms with Gasteiger partial charge in [-0.25, -0.2) is 0 Å². The van der Waals surface area contributed by atoms with Crippen LogP contribution >= 0.6 is 0 Å². The highest BCUT2D eigenvalue weighted by atomic mass is 16.3. The molecule has 1 rings (SSSR count). The van der Waals surface area contributed by atoms with Crippen molar-refractivity contribution >= 4 is 11.5 Å². The van der Waals surface area contributed by atoms with E-state index in [9.17, 15) is 4.79 Å². The van der Waals surface area contributed by atoms with Crippen molar-refractivity contribution in [1.29, 1.82) is 0 Å². The van der Waals surface area contributed by atoms with E-state index >= 15 is 0 Å². The second-order valence-corrected chi connectivity index (χ2v) is 2.32. The summed E-state index contributed by atoms with van der Waals surface area (Å²) in [4.78, 5) is 13.5. The first-order valence-corrected chi connectivity index (χ1v) is 3.19. The first kappa shape index (κ1) is 7.12. The highest BCUT2D eigenvalue weighted by Crippen LogP contribution is 2.10. The Morgan fingerprint density at radius 3 is 2.80 bits per heavy atom. The Bertz CT molecular complexity index is 206. The van der Waals surface area contributed by atoms with Crippen molar-refractivity contribution in [2.75, 3.05) is 0 Å². The van der Waals surface area contributed by atoms with Crippen LogP contribution in [-0.2, 0) is 4.79 Å². The molecule has 1 saturated carbocycles. The number of aliphatic hydroxyl groups excluding tert-OH is 1. The Morgan fingerprint density at radius 2 is 2.40 bits per heavy atom. The molecule has 10 heavy (non-hydrogen) atoms. The number of rotatable bonds is 0. The van der Waals surface area contributed by atoms with Crippen molar-refractivity contribution in [2.24, 2.45) is 0 Å². The average molecular weight is 140 g/mol. The van der Waals surface area contributed by atoms with Crippen LogP contribution in [0.1, 0.15) is 19.3 Å². The molecule has 0 saturated heterocycles. The van der Waals surface area contributed by atoms with E-state index in [2.05, 4.69) is 4.79 Å². The van der Waals surface area contributed by atoms with E-state index in [1.54, 1.807) is 0 Å². The van der Waals surface area contributed by atoms with Crippen molar-refractivity contribution in [1.82, 2.24) is 0 Å². The highest BCUT2D eigenvalue weighted by Gasteiger charge is 2.32. The van der Waals surface area contributed by atoms with Crippen LogP contribution in [0.4, 0.5) is 0 Å². The summed E-state index contributed by atoms with van der Waals surface area (Å²) in [6, 6.07) is 0. The molecule has 0 aliphatic heterocycles. The SMILES string of the molecule is [N-]=[N+]=C1C(=O)CCCC1O. The zero-order chi connectivity index (χ0) is 7.56. The highest BCUT2D eigenvalue weighted by molar-refractivity contribution is 6.39. The van der Waals surface area contributed by atoms with E-state index in [1.165, 1.54) is 0 Å². The lowest BCUT2D eigenvalue weighted by atomic mass is 9.95. The minimum Gasteiger partial charge on any atom is -0.381 e. The molecule has 1 aliphatic carbocycles. The molecule has 1 unspecified atom stereocenters. The quantitative estimate of drug-likeness (QED) is 0.373. The first-order valence-electron chi connectivity index (χ1n) is 3.19. The fourth-order valence-electron chi connectivity index (χ4n) is 1.03. The zero-order valence-corrected chi connectivity index (χ0v) is 5.45. The van der Waals surface area contributed by atoms with Crippen LogP contribution in [0.15, 0.2) is 0 Å². The summed E-state index contributed by atoms with van der Waals surface area (Å²) in [6.07, 6.45) is 0.729. The van der Waals surface area contributed by atoms with Gasteiger partial charge in [-0.2, -0.15) is 4.79 Å². The Labute approximate surface area is 58.1 Å². The number of hydrogen-bond donors (Lipinski definition) is 1. The Balaban J connectivity index is 2.83. The maximum absolute atomic E-state index is 10.8. The number of carbonyl (C=O) groups is 1. The summed E-state index contributed by atoms with van der Waals surface area (Å²) in [5.41, 5.74) is 8.15. The van der Waals surface area contributed by atoms with Crippen LogP contribution < -0.4 is 0 Å². The molecule has 0 aromatic rings. The van der Waals surface area contributed by atoms with Crippen molar-refractivity contribution < 1.29 is 14.7 Å². The molecule has 1 N–H and O–H groups in total. The van der Waals surface area contributed by atoms with Crippen molar-refractivity contribution in [2.45, 2.75) is 25.4 Å². The lowest BCUT2D eigenvalue weighted by Crippen LogP contribution is -2.33. The molecule has 0 heterocycles. The summed E-state index contributed by atoms with van der Waals surface area (Å²) < 4.78 is 0. The van der Waals surface area contributed by atoms with Gasteiger partial charge in [-0.05, 0) is 12.8 Å². The van der Waals surface area contributed by atoms with Gasteiger partial charge in [0.2, 0.25) is 5.78 Å². The van der Waals surface area contributed by atoms with Crippen molar-refractivity contribution in [3.8, 4) is 0 Å². The Morgan fingerprint density at radius 1 is 1.70 bits per heavy atom. The Kier molecular flexibility index (Phi) is 1.94. The number of ketones is 1. The molecule has 0 radical (unpaired) electrons. The predicted octanol–water partition coefficient (Wildman–Crippen LogP) is -0.229. The molecular formula is C6H8N2O2. The van der Waals surface area contributed by atoms with E-state index in [1.807, 2.05) is 0 Å². The average Bonchev–Trinajstić information content (AvgIpc) is 1.88. The van der Waals surface area contributed by atoms with Gasteiger partial charge in [0.05, 0.1) is 0 Å². The summed E-state index contributed by atoms with van der Waals surface area (Å²) in [5.74, 6) is -0.249. The molecule has 4 nitrogen and oxygen atoms in total. The zero-order valence-electron chi connectivity index (χ0n) is 5.45. The third-order valence-corrected chi connectivity index (χ3v) is 1.59. The van der Waals surface area contributed by atoms with Gasteiger partial charge in [0.1, 0.15) is 0 Å². The minimum absolute atomic E-state index is 0.0914. The molecule has 0 bridgehead atoms. The first-order chi connectivity index (χ1) is 4.75. The van der Waals surface area contributed by atoms with Gasteiger partial charge >= 0.3 is 5.71 Å². The Hall–Kier alpha value is -0.990. The topological polar surface area (TPSA) is 73.7 Å². The number of nitrogens with zero attached hydrogens (tertiary/aromatic N) is 2. The van der Waals surface area contributed by atoms with Crippen LogP contribution in [0.2, 0.25) is 0 Å². The van der Waals surface area contributed by atoms with Crippen LogP contribution in [-0.4, -0.2) is 27.5 Å². The molecule has 54 valence electrons. The summed E-state index contributed by atoms with van der Waals surface area (Å²) in [6.45, 7) is 0. The van der Waals surface area contributed by atoms with Crippen molar-refractivity contribution in [3.63, 3.8) is 0 Å². The van der Waals surface area contributed by atoms with E-state index in [-0.39, 0.29) is 11.5 Å². The normalized spacial score (nSPS) is 26.3. The molecule has 1 fully saturated rings. The van der Waals surface area contributed by atoms with E-state index < -0.39 is 6.10 Å². The van der Waals surface area contributed by atoms with Crippen LogP contribution in [0.5, 0.6) is 0 Å². The fraction of sp³-hybridized carbons (Fsp3) is 0.667. The van der Waals surface area contributed by atoms with Crippen LogP contribution in [0.25, 0.3) is 5.53 Å². The van der Waals surface area contributed by atoms with E-state index in [0.717, 1.165) is 0 Å². The molecule has 1 atom stereocenters. The van der Waals surface area contributed by atoms with Crippen LogP contribution in [0, 0.1) is 0 Å². The second kappa shape index (κ2) is 2.73. The molecule has 1 aliphatic rings. The summed E-state index contributed by atoms with van der Waals surface area (Å²) in [5, 5.41) is 9.03. The smallest absolute Gasteiger partial charge is 0.362 e. The number of carbonyl (C=O) groups excluding carboxylic acids is 1. The molecule has 0 amide bonds. The third kappa shape index (κ3) is 1.12. The van der Waals surface area contributed by atoms with Gasteiger partial charge in [-0.3, -0.25) is 4.79 Å². The minimum atomic E-state index is -0.855. The lowest BCUT2D eigenvalue weighted by molar-refractivity contribution is -0.120. The lowest BCUT2D eigenvalue weighted by Gasteiger charge is -2.09. The van der Waals surface area contributed by atoms with Gasteiger partial charge in [0.15, 0.2) is 6.10 Å². The fourth-order valence-corrected chi connectivity index (χ4v) is 1.03. The maximum atomic E-state index is 10.8. The monoisotopic (exact) mass is 140 g/mol. The molecule has 0 aromatic heterocycles.